The maximum absolute atomic E-state index is 10.1. The first-order valence-corrected chi connectivity index (χ1v) is 9.60. The van der Waals surface area contributed by atoms with E-state index < -0.39 is 0 Å². The fourth-order valence-electron chi connectivity index (χ4n) is 5.05. The Kier molecular flexibility index (Phi) is 5.74. The second kappa shape index (κ2) is 7.63. The molecule has 2 aliphatic rings. The summed E-state index contributed by atoms with van der Waals surface area (Å²) in [4.78, 5) is 2.48. The summed E-state index contributed by atoms with van der Waals surface area (Å²) >= 11 is 0. The fraction of sp³-hybridized carbons (Fsp3) is 0.455. The van der Waals surface area contributed by atoms with Gasteiger partial charge in [-0.3, -0.25) is 4.90 Å². The standard InChI is InChI=1S/C22H27NO4.HI/c1-13-18-9-14-3-4-16(24)11-17(14)22(13,2)6-8-23(18)7-5-15-10-20(26)21(27)12-19(15)25;/h3-4,10-13,18,24-27H,5-9H2,1-2H3;1H/t13-,18-,22+;/m0./s1. The van der Waals surface area contributed by atoms with Crippen molar-refractivity contribution in [2.45, 2.75) is 44.6 Å². The van der Waals surface area contributed by atoms with Crippen LogP contribution < -0.4 is 0 Å². The molecule has 5 nitrogen and oxygen atoms in total. The van der Waals surface area contributed by atoms with E-state index in [-0.39, 0.29) is 46.6 Å². The van der Waals surface area contributed by atoms with E-state index in [1.165, 1.54) is 23.3 Å². The second-order valence-electron chi connectivity index (χ2n) is 8.32. The number of fused-ring (bicyclic) bond motifs is 4. The first-order chi connectivity index (χ1) is 12.8. The molecular formula is C22H28INO4. The smallest absolute Gasteiger partial charge is 0.161 e. The number of hydrogen-bond acceptors (Lipinski definition) is 5. The van der Waals surface area contributed by atoms with Crippen molar-refractivity contribution in [2.24, 2.45) is 5.92 Å². The highest BCUT2D eigenvalue weighted by atomic mass is 127. The molecular weight excluding hydrogens is 469 g/mol. The Bertz CT molecular complexity index is 887. The Labute approximate surface area is 182 Å². The van der Waals surface area contributed by atoms with Crippen LogP contribution in [0.2, 0.25) is 0 Å². The van der Waals surface area contributed by atoms with Gasteiger partial charge in [0.05, 0.1) is 0 Å². The Hall–Kier alpha value is -1.67. The monoisotopic (exact) mass is 497 g/mol. The van der Waals surface area contributed by atoms with Crippen molar-refractivity contribution < 1.29 is 20.4 Å². The molecule has 3 atom stereocenters. The quantitative estimate of drug-likeness (QED) is 0.294. The van der Waals surface area contributed by atoms with Crippen LogP contribution in [-0.2, 0) is 18.3 Å². The van der Waals surface area contributed by atoms with Crippen molar-refractivity contribution in [1.82, 2.24) is 4.90 Å². The first kappa shape index (κ1) is 21.0. The van der Waals surface area contributed by atoms with Gasteiger partial charge in [0.1, 0.15) is 11.5 Å². The molecule has 1 fully saturated rings. The van der Waals surface area contributed by atoms with Gasteiger partial charge < -0.3 is 20.4 Å². The lowest BCUT2D eigenvalue weighted by molar-refractivity contribution is 0.0321. The van der Waals surface area contributed by atoms with Gasteiger partial charge in [-0.05, 0) is 72.0 Å². The number of benzene rings is 2. The maximum Gasteiger partial charge on any atom is 0.161 e. The van der Waals surface area contributed by atoms with Gasteiger partial charge in [-0.25, -0.2) is 0 Å². The van der Waals surface area contributed by atoms with E-state index in [1.54, 1.807) is 6.07 Å². The summed E-state index contributed by atoms with van der Waals surface area (Å²) in [6.45, 7) is 6.36. The Morgan fingerprint density at radius 1 is 1.04 bits per heavy atom. The lowest BCUT2D eigenvalue weighted by Crippen LogP contribution is -2.58. The molecule has 4 N–H and O–H groups in total. The van der Waals surface area contributed by atoms with E-state index in [0.29, 0.717) is 29.7 Å². The zero-order chi connectivity index (χ0) is 19.3. The van der Waals surface area contributed by atoms with E-state index in [4.69, 9.17) is 0 Å². The van der Waals surface area contributed by atoms with E-state index in [0.717, 1.165) is 25.9 Å². The molecule has 0 unspecified atom stereocenters. The van der Waals surface area contributed by atoms with Crippen LogP contribution in [0.3, 0.4) is 0 Å². The third-order valence-corrected chi connectivity index (χ3v) is 6.95. The van der Waals surface area contributed by atoms with Gasteiger partial charge in [0, 0.05) is 18.7 Å². The van der Waals surface area contributed by atoms with Gasteiger partial charge >= 0.3 is 0 Å². The number of rotatable bonds is 3. The molecule has 0 saturated carbocycles. The lowest BCUT2D eigenvalue weighted by Gasteiger charge is -2.54. The minimum atomic E-state index is -0.300. The summed E-state index contributed by atoms with van der Waals surface area (Å²) < 4.78 is 0. The number of aromatic hydroxyl groups is 4. The van der Waals surface area contributed by atoms with Crippen molar-refractivity contribution >= 4 is 24.0 Å². The molecule has 1 saturated heterocycles. The van der Waals surface area contributed by atoms with Crippen molar-refractivity contribution in [3.05, 3.63) is 47.0 Å². The van der Waals surface area contributed by atoms with Gasteiger partial charge in [0.15, 0.2) is 11.5 Å². The topological polar surface area (TPSA) is 84.2 Å². The first-order valence-electron chi connectivity index (χ1n) is 9.60. The maximum atomic E-state index is 10.1. The van der Waals surface area contributed by atoms with Crippen LogP contribution in [0.25, 0.3) is 0 Å². The number of piperidine rings is 1. The molecule has 4 rings (SSSR count). The molecule has 1 aliphatic carbocycles. The molecule has 1 aliphatic heterocycles. The fourth-order valence-corrected chi connectivity index (χ4v) is 5.05. The summed E-state index contributed by atoms with van der Waals surface area (Å²) in [5.74, 6) is 0.317. The molecule has 0 aromatic heterocycles. The number of phenolic OH excluding ortho intramolecular Hbond substituents is 4. The highest BCUT2D eigenvalue weighted by Gasteiger charge is 2.48. The molecule has 0 radical (unpaired) electrons. The molecule has 152 valence electrons. The van der Waals surface area contributed by atoms with Crippen molar-refractivity contribution in [2.75, 3.05) is 13.1 Å². The number of phenols is 4. The summed E-state index contributed by atoms with van der Waals surface area (Å²) in [5.41, 5.74) is 3.31. The van der Waals surface area contributed by atoms with Crippen molar-refractivity contribution in [3.63, 3.8) is 0 Å². The lowest BCUT2D eigenvalue weighted by atomic mass is 9.59. The van der Waals surface area contributed by atoms with Crippen LogP contribution in [0, 0.1) is 5.92 Å². The van der Waals surface area contributed by atoms with Crippen molar-refractivity contribution in [3.8, 4) is 23.0 Å². The SMILES string of the molecule is C[C@H]1[C@@H]2Cc3ccc(O)cc3[C@]1(C)CCN2CCc1cc(O)c(O)cc1O.I. The van der Waals surface area contributed by atoms with E-state index in [9.17, 15) is 20.4 Å². The highest BCUT2D eigenvalue weighted by Crippen LogP contribution is 2.49. The zero-order valence-corrected chi connectivity index (χ0v) is 18.6. The zero-order valence-electron chi connectivity index (χ0n) is 16.2. The van der Waals surface area contributed by atoms with E-state index in [2.05, 4.69) is 24.8 Å². The third-order valence-electron chi connectivity index (χ3n) is 6.95. The molecule has 2 aromatic carbocycles. The number of likely N-dealkylation sites (tertiary alicyclic amines) is 1. The van der Waals surface area contributed by atoms with Gasteiger partial charge in [0.25, 0.3) is 0 Å². The summed E-state index contributed by atoms with van der Waals surface area (Å²) in [5, 5.41) is 39.2. The normalized spacial score (nSPS) is 26.4. The predicted molar refractivity (Wildman–Crippen MR) is 119 cm³/mol. The highest BCUT2D eigenvalue weighted by molar-refractivity contribution is 14.0. The van der Waals surface area contributed by atoms with Crippen LogP contribution >= 0.6 is 24.0 Å². The van der Waals surface area contributed by atoms with Crippen LogP contribution in [0.15, 0.2) is 30.3 Å². The minimum Gasteiger partial charge on any atom is -0.508 e. The molecule has 6 heteroatoms. The van der Waals surface area contributed by atoms with Crippen LogP contribution in [-0.4, -0.2) is 44.5 Å². The molecule has 2 bridgehead atoms. The molecule has 0 amide bonds. The molecule has 2 aromatic rings. The Morgan fingerprint density at radius 2 is 1.75 bits per heavy atom. The van der Waals surface area contributed by atoms with E-state index >= 15 is 0 Å². The number of hydrogen-bond donors (Lipinski definition) is 4. The molecule has 1 heterocycles. The average molecular weight is 497 g/mol. The van der Waals surface area contributed by atoms with Crippen LogP contribution in [0.4, 0.5) is 0 Å². The molecule has 0 spiro atoms. The largest absolute Gasteiger partial charge is 0.508 e. The number of nitrogens with zero attached hydrogens (tertiary/aromatic N) is 1. The Morgan fingerprint density at radius 3 is 2.50 bits per heavy atom. The van der Waals surface area contributed by atoms with Gasteiger partial charge in [-0.2, -0.15) is 0 Å². The predicted octanol–water partition coefficient (Wildman–Crippen LogP) is 3.89. The van der Waals surface area contributed by atoms with Gasteiger partial charge in [-0.1, -0.05) is 19.9 Å². The van der Waals surface area contributed by atoms with E-state index in [1.807, 2.05) is 6.07 Å². The van der Waals surface area contributed by atoms with Crippen LogP contribution in [0.5, 0.6) is 23.0 Å². The average Bonchev–Trinajstić information content (AvgIpc) is 2.62. The third kappa shape index (κ3) is 3.41. The summed E-state index contributed by atoms with van der Waals surface area (Å²) in [6.07, 6.45) is 2.59. The Balaban J connectivity index is 0.00000225. The van der Waals surface area contributed by atoms with Crippen LogP contribution in [0.1, 0.15) is 37.0 Å². The minimum absolute atomic E-state index is 0. The number of halogens is 1. The second-order valence-corrected chi connectivity index (χ2v) is 8.32. The van der Waals surface area contributed by atoms with Crippen molar-refractivity contribution in [1.29, 1.82) is 0 Å². The summed E-state index contributed by atoms with van der Waals surface area (Å²) in [7, 11) is 0. The summed E-state index contributed by atoms with van der Waals surface area (Å²) in [6, 6.07) is 8.82. The van der Waals surface area contributed by atoms with Gasteiger partial charge in [-0.15, -0.1) is 24.0 Å². The molecule has 28 heavy (non-hydrogen) atoms. The van der Waals surface area contributed by atoms with Gasteiger partial charge in [0.2, 0.25) is 0 Å².